The number of rotatable bonds is 10. The predicted octanol–water partition coefficient (Wildman–Crippen LogP) is 3.18. The van der Waals surface area contributed by atoms with Crippen molar-refractivity contribution in [1.29, 1.82) is 0 Å². The maximum Gasteiger partial charge on any atom is 0.332 e. The standard InChI is InChI=1S/C21H30N6O2S/c1-5-11-27-18-16(20(28)25(4)21(27)29)19(24-17(23-18)15(2)3)30-14-8-6-7-12-26-13-9-10-22-26/h9-10,13,15H,5-8,11-12,14H2,1-4H3. The van der Waals surface area contributed by atoms with Crippen LogP contribution in [0.1, 0.15) is 58.2 Å². The highest BCUT2D eigenvalue weighted by molar-refractivity contribution is 7.99. The molecule has 0 radical (unpaired) electrons. The third-order valence-electron chi connectivity index (χ3n) is 4.96. The summed E-state index contributed by atoms with van der Waals surface area (Å²) in [5.74, 6) is 1.64. The van der Waals surface area contributed by atoms with Crippen LogP contribution < -0.4 is 11.2 Å². The summed E-state index contributed by atoms with van der Waals surface area (Å²) in [6.07, 6.45) is 7.70. The minimum atomic E-state index is -0.322. The number of aromatic nitrogens is 6. The summed E-state index contributed by atoms with van der Waals surface area (Å²) in [5.41, 5.74) is -0.180. The van der Waals surface area contributed by atoms with Crippen molar-refractivity contribution in [1.82, 2.24) is 28.9 Å². The molecule has 3 heterocycles. The van der Waals surface area contributed by atoms with Crippen LogP contribution in [-0.2, 0) is 20.1 Å². The Kier molecular flexibility index (Phi) is 7.47. The monoisotopic (exact) mass is 430 g/mol. The van der Waals surface area contributed by atoms with Crippen LogP contribution in [0, 0.1) is 0 Å². The number of aryl methyl sites for hydroxylation is 2. The third-order valence-corrected chi connectivity index (χ3v) is 6.02. The van der Waals surface area contributed by atoms with Crippen LogP contribution >= 0.6 is 11.8 Å². The molecular weight excluding hydrogens is 400 g/mol. The maximum atomic E-state index is 12.9. The highest BCUT2D eigenvalue weighted by Gasteiger charge is 2.19. The minimum absolute atomic E-state index is 0.108. The fourth-order valence-corrected chi connectivity index (χ4v) is 4.32. The Morgan fingerprint density at radius 1 is 1.10 bits per heavy atom. The Morgan fingerprint density at radius 3 is 2.57 bits per heavy atom. The molecule has 0 bridgehead atoms. The summed E-state index contributed by atoms with van der Waals surface area (Å²) < 4.78 is 4.72. The molecule has 3 rings (SSSR count). The van der Waals surface area contributed by atoms with Gasteiger partial charge in [-0.05, 0) is 31.1 Å². The van der Waals surface area contributed by atoms with Crippen molar-refractivity contribution < 1.29 is 0 Å². The fourth-order valence-electron chi connectivity index (χ4n) is 3.30. The molecule has 0 amide bonds. The molecule has 0 fully saturated rings. The van der Waals surface area contributed by atoms with Crippen LogP contribution in [-0.4, -0.2) is 34.6 Å². The Labute approximate surface area is 180 Å². The molecule has 0 aliphatic carbocycles. The zero-order chi connectivity index (χ0) is 21.7. The van der Waals surface area contributed by atoms with Crippen LogP contribution in [0.15, 0.2) is 33.1 Å². The zero-order valence-corrected chi connectivity index (χ0v) is 19.0. The lowest BCUT2D eigenvalue weighted by atomic mass is 10.2. The maximum absolute atomic E-state index is 12.9. The predicted molar refractivity (Wildman–Crippen MR) is 120 cm³/mol. The van der Waals surface area contributed by atoms with Crippen molar-refractivity contribution in [2.45, 2.75) is 70.5 Å². The number of thioether (sulfide) groups is 1. The van der Waals surface area contributed by atoms with Gasteiger partial charge in [-0.3, -0.25) is 18.6 Å². The lowest BCUT2D eigenvalue weighted by Crippen LogP contribution is -2.39. The van der Waals surface area contributed by atoms with Gasteiger partial charge in [0.2, 0.25) is 0 Å². The Balaban J connectivity index is 1.85. The quantitative estimate of drug-likeness (QED) is 0.279. The van der Waals surface area contributed by atoms with Crippen molar-refractivity contribution in [2.75, 3.05) is 5.75 Å². The van der Waals surface area contributed by atoms with E-state index in [0.717, 1.165) is 38.0 Å². The van der Waals surface area contributed by atoms with E-state index < -0.39 is 0 Å². The number of unbranched alkanes of at least 4 members (excludes halogenated alkanes) is 2. The molecule has 0 aromatic carbocycles. The smallest absolute Gasteiger partial charge is 0.277 e. The second-order valence-electron chi connectivity index (χ2n) is 7.72. The molecule has 3 aromatic rings. The molecule has 3 aromatic heterocycles. The first-order valence-corrected chi connectivity index (χ1v) is 11.5. The van der Waals surface area contributed by atoms with E-state index in [0.29, 0.717) is 28.4 Å². The van der Waals surface area contributed by atoms with E-state index in [1.54, 1.807) is 22.5 Å². The number of fused-ring (bicyclic) bond motifs is 1. The Bertz CT molecular complexity index is 1100. The van der Waals surface area contributed by atoms with Crippen molar-refractivity contribution in [3.63, 3.8) is 0 Å². The molecule has 0 atom stereocenters. The topological polar surface area (TPSA) is 87.6 Å². The van der Waals surface area contributed by atoms with Gasteiger partial charge in [-0.25, -0.2) is 14.8 Å². The average Bonchev–Trinajstić information content (AvgIpc) is 3.25. The first-order chi connectivity index (χ1) is 14.4. The fraction of sp³-hybridized carbons (Fsp3) is 0.571. The van der Waals surface area contributed by atoms with Crippen LogP contribution in [0.3, 0.4) is 0 Å². The Hall–Kier alpha value is -2.42. The van der Waals surface area contributed by atoms with E-state index in [2.05, 4.69) is 10.1 Å². The van der Waals surface area contributed by atoms with Gasteiger partial charge in [0.05, 0.1) is 0 Å². The van der Waals surface area contributed by atoms with E-state index in [1.807, 2.05) is 37.7 Å². The highest BCUT2D eigenvalue weighted by Crippen LogP contribution is 2.25. The molecule has 30 heavy (non-hydrogen) atoms. The SMILES string of the molecule is CCCn1c(=O)n(C)c(=O)c2c(SCCCCCn3cccn3)nc(C(C)C)nc21. The highest BCUT2D eigenvalue weighted by atomic mass is 32.2. The second-order valence-corrected chi connectivity index (χ2v) is 8.80. The van der Waals surface area contributed by atoms with Crippen LogP contribution in [0.25, 0.3) is 11.0 Å². The third kappa shape index (κ3) is 4.83. The molecule has 0 unspecified atom stereocenters. The molecule has 0 saturated heterocycles. The summed E-state index contributed by atoms with van der Waals surface area (Å²) in [6, 6.07) is 1.93. The molecule has 0 saturated carbocycles. The van der Waals surface area contributed by atoms with E-state index in [1.165, 1.54) is 11.6 Å². The van der Waals surface area contributed by atoms with Crippen LogP contribution in [0.2, 0.25) is 0 Å². The average molecular weight is 431 g/mol. The lowest BCUT2D eigenvalue weighted by Gasteiger charge is -2.15. The van der Waals surface area contributed by atoms with Gasteiger partial charge in [0, 0.05) is 38.4 Å². The zero-order valence-electron chi connectivity index (χ0n) is 18.2. The molecule has 9 heteroatoms. The van der Waals surface area contributed by atoms with Gasteiger partial charge < -0.3 is 0 Å². The summed E-state index contributed by atoms with van der Waals surface area (Å²) in [4.78, 5) is 34.9. The number of nitrogens with zero attached hydrogens (tertiary/aromatic N) is 6. The van der Waals surface area contributed by atoms with Gasteiger partial charge in [0.1, 0.15) is 16.2 Å². The second kappa shape index (κ2) is 10.1. The van der Waals surface area contributed by atoms with E-state index in [4.69, 9.17) is 4.98 Å². The number of hydrogen-bond acceptors (Lipinski definition) is 6. The molecule has 0 spiro atoms. The summed E-state index contributed by atoms with van der Waals surface area (Å²) in [5, 5.41) is 5.36. The Morgan fingerprint density at radius 2 is 1.90 bits per heavy atom. The van der Waals surface area contributed by atoms with Gasteiger partial charge in [-0.1, -0.05) is 27.2 Å². The van der Waals surface area contributed by atoms with Gasteiger partial charge in [0.25, 0.3) is 5.56 Å². The van der Waals surface area contributed by atoms with Crippen LogP contribution in [0.5, 0.6) is 0 Å². The summed E-state index contributed by atoms with van der Waals surface area (Å²) in [6.45, 7) is 7.49. The van der Waals surface area contributed by atoms with E-state index >= 15 is 0 Å². The largest absolute Gasteiger partial charge is 0.332 e. The molecule has 0 N–H and O–H groups in total. The summed E-state index contributed by atoms with van der Waals surface area (Å²) in [7, 11) is 1.52. The van der Waals surface area contributed by atoms with Crippen molar-refractivity contribution in [3.8, 4) is 0 Å². The molecular formula is C21H30N6O2S. The molecule has 0 aliphatic rings. The first-order valence-electron chi connectivity index (χ1n) is 10.6. The summed E-state index contributed by atoms with van der Waals surface area (Å²) >= 11 is 1.58. The molecule has 162 valence electrons. The van der Waals surface area contributed by atoms with Gasteiger partial charge in [-0.2, -0.15) is 5.10 Å². The first kappa shape index (κ1) is 22.3. The van der Waals surface area contributed by atoms with Crippen LogP contribution in [0.4, 0.5) is 0 Å². The van der Waals surface area contributed by atoms with Gasteiger partial charge in [0.15, 0.2) is 5.65 Å². The van der Waals surface area contributed by atoms with Crippen molar-refractivity contribution >= 4 is 22.8 Å². The van der Waals surface area contributed by atoms with Crippen molar-refractivity contribution in [3.05, 3.63) is 45.1 Å². The lowest BCUT2D eigenvalue weighted by molar-refractivity contribution is 0.554. The van der Waals surface area contributed by atoms with E-state index in [-0.39, 0.29) is 17.2 Å². The van der Waals surface area contributed by atoms with Gasteiger partial charge >= 0.3 is 5.69 Å². The normalized spacial score (nSPS) is 11.6. The van der Waals surface area contributed by atoms with E-state index in [9.17, 15) is 9.59 Å². The molecule has 8 nitrogen and oxygen atoms in total. The molecule has 0 aliphatic heterocycles. The van der Waals surface area contributed by atoms with Crippen molar-refractivity contribution in [2.24, 2.45) is 7.05 Å². The minimum Gasteiger partial charge on any atom is -0.277 e. The van der Waals surface area contributed by atoms with Gasteiger partial charge in [-0.15, -0.1) is 11.8 Å². The number of hydrogen-bond donors (Lipinski definition) is 0.